The molecule has 1 aromatic carbocycles. The van der Waals surface area contributed by atoms with Gasteiger partial charge in [0.05, 0.1) is 6.42 Å². The maximum Gasteiger partial charge on any atom is 0.330 e. The van der Waals surface area contributed by atoms with Crippen molar-refractivity contribution in [1.29, 1.82) is 0 Å². The monoisotopic (exact) mass is 388 g/mol. The van der Waals surface area contributed by atoms with Gasteiger partial charge in [-0.2, -0.15) is 0 Å². The van der Waals surface area contributed by atoms with Crippen LogP contribution in [0.1, 0.15) is 31.1 Å². The van der Waals surface area contributed by atoms with Crippen molar-refractivity contribution in [2.24, 2.45) is 0 Å². The molecule has 1 aliphatic rings. The third-order valence-corrected chi connectivity index (χ3v) is 4.81. The third kappa shape index (κ3) is 3.86. The second-order valence-electron chi connectivity index (χ2n) is 6.69. The van der Waals surface area contributed by atoms with Crippen molar-refractivity contribution in [2.75, 3.05) is 0 Å². The highest BCUT2D eigenvalue weighted by Crippen LogP contribution is 2.30. The van der Waals surface area contributed by atoms with Gasteiger partial charge in [-0.15, -0.1) is 0 Å². The predicted molar refractivity (Wildman–Crippen MR) is 96.7 cm³/mol. The number of ether oxygens (including phenoxy) is 1. The Morgan fingerprint density at radius 2 is 1.82 bits per heavy atom. The molecule has 28 heavy (non-hydrogen) atoms. The van der Waals surface area contributed by atoms with E-state index < -0.39 is 53.9 Å². The molecule has 2 heterocycles. The van der Waals surface area contributed by atoms with Crippen molar-refractivity contribution >= 4 is 11.6 Å². The molecule has 2 aromatic rings. The number of aliphatic hydroxyl groups excluding tert-OH is 2. The van der Waals surface area contributed by atoms with Gasteiger partial charge in [0.2, 0.25) is 0 Å². The number of nitrogens with one attached hydrogen (secondary N) is 1. The zero-order valence-corrected chi connectivity index (χ0v) is 15.0. The van der Waals surface area contributed by atoms with E-state index in [9.17, 15) is 29.4 Å². The number of nitrogens with zero attached hydrogens (tertiary/aromatic N) is 1. The van der Waals surface area contributed by atoms with Gasteiger partial charge in [-0.05, 0) is 5.56 Å². The Morgan fingerprint density at radius 3 is 2.46 bits per heavy atom. The number of hydrogen-bond acceptors (Lipinski definition) is 7. The van der Waals surface area contributed by atoms with Crippen LogP contribution in [0.2, 0.25) is 0 Å². The lowest BCUT2D eigenvalue weighted by molar-refractivity contribution is -0.139. The first-order chi connectivity index (χ1) is 13.3. The number of carbonyl (C=O) groups excluding carboxylic acids is 2. The van der Waals surface area contributed by atoms with Gasteiger partial charge in [0.25, 0.3) is 5.56 Å². The minimum absolute atomic E-state index is 0.355. The largest absolute Gasteiger partial charge is 0.387 e. The number of aromatic amines is 1. The van der Waals surface area contributed by atoms with Crippen LogP contribution in [0, 0.1) is 0 Å². The quantitative estimate of drug-likeness (QED) is 0.566. The van der Waals surface area contributed by atoms with Crippen LogP contribution in [0.4, 0.5) is 0 Å². The summed E-state index contributed by atoms with van der Waals surface area (Å²) in [5, 5.41) is 20.4. The number of aromatic nitrogens is 2. The molecule has 9 heteroatoms. The number of Topliss-reactive ketones (excluding diaryl/α,β-unsaturated/α-hetero) is 2. The lowest BCUT2D eigenvalue weighted by atomic mass is 9.92. The van der Waals surface area contributed by atoms with Crippen LogP contribution in [0.25, 0.3) is 0 Å². The summed E-state index contributed by atoms with van der Waals surface area (Å²) in [5.41, 5.74) is -0.737. The van der Waals surface area contributed by atoms with E-state index in [2.05, 4.69) is 0 Å². The summed E-state index contributed by atoms with van der Waals surface area (Å²) < 4.78 is 6.25. The molecule has 148 valence electrons. The number of rotatable bonds is 6. The molecule has 0 amide bonds. The first-order valence-corrected chi connectivity index (χ1v) is 8.73. The molecule has 0 bridgehead atoms. The van der Waals surface area contributed by atoms with Gasteiger partial charge in [-0.3, -0.25) is 23.9 Å². The van der Waals surface area contributed by atoms with Crippen molar-refractivity contribution in [2.45, 2.75) is 43.8 Å². The van der Waals surface area contributed by atoms with Crippen molar-refractivity contribution < 1.29 is 24.5 Å². The maximum atomic E-state index is 12.5. The second-order valence-corrected chi connectivity index (χ2v) is 6.69. The van der Waals surface area contributed by atoms with Crippen molar-refractivity contribution in [1.82, 2.24) is 9.55 Å². The van der Waals surface area contributed by atoms with Crippen LogP contribution in [0.15, 0.2) is 52.2 Å². The van der Waals surface area contributed by atoms with E-state index in [0.717, 1.165) is 22.4 Å². The average molecular weight is 388 g/mol. The Morgan fingerprint density at radius 1 is 1.14 bits per heavy atom. The molecule has 0 radical (unpaired) electrons. The highest BCUT2D eigenvalue weighted by molar-refractivity contribution is 6.04. The molecular weight excluding hydrogens is 368 g/mol. The molecule has 0 spiro atoms. The Kier molecular flexibility index (Phi) is 5.68. The molecule has 3 N–H and O–H groups in total. The van der Waals surface area contributed by atoms with Gasteiger partial charge in [-0.25, -0.2) is 4.79 Å². The SMILES string of the molecule is CC(C(=O)CC(=O)[C@H]1O[C@@H](n2ccc(=O)[nH]c2=O)[C@H](O)[C@@H]1O)c1ccccc1. The molecule has 1 saturated heterocycles. The van der Waals surface area contributed by atoms with E-state index in [1.54, 1.807) is 31.2 Å². The number of hydrogen-bond donors (Lipinski definition) is 3. The maximum absolute atomic E-state index is 12.5. The molecule has 1 fully saturated rings. The third-order valence-electron chi connectivity index (χ3n) is 4.81. The zero-order chi connectivity index (χ0) is 20.4. The second kappa shape index (κ2) is 8.01. The normalized spacial score (nSPS) is 25.4. The van der Waals surface area contributed by atoms with E-state index in [-0.39, 0.29) is 5.78 Å². The van der Waals surface area contributed by atoms with Crippen LogP contribution in [0.5, 0.6) is 0 Å². The van der Waals surface area contributed by atoms with Crippen molar-refractivity contribution in [3.05, 3.63) is 69.0 Å². The Bertz CT molecular complexity index is 982. The summed E-state index contributed by atoms with van der Waals surface area (Å²) in [7, 11) is 0. The van der Waals surface area contributed by atoms with E-state index >= 15 is 0 Å². The number of carbonyl (C=O) groups is 2. The lowest BCUT2D eigenvalue weighted by Crippen LogP contribution is -2.38. The molecule has 5 atom stereocenters. The predicted octanol–water partition coefficient (Wildman–Crippen LogP) is -0.512. The van der Waals surface area contributed by atoms with Crippen LogP contribution in [0.3, 0.4) is 0 Å². The van der Waals surface area contributed by atoms with Crippen LogP contribution in [-0.4, -0.2) is 49.6 Å². The molecule has 0 aliphatic carbocycles. The first-order valence-electron chi connectivity index (χ1n) is 8.73. The van der Waals surface area contributed by atoms with Gasteiger partial charge in [-0.1, -0.05) is 37.3 Å². The van der Waals surface area contributed by atoms with E-state index in [1.165, 1.54) is 0 Å². The summed E-state index contributed by atoms with van der Waals surface area (Å²) in [4.78, 5) is 50.0. The Hall–Kier alpha value is -2.88. The molecule has 1 unspecified atom stereocenters. The van der Waals surface area contributed by atoms with Crippen molar-refractivity contribution in [3.63, 3.8) is 0 Å². The van der Waals surface area contributed by atoms with Crippen LogP contribution in [-0.2, 0) is 14.3 Å². The number of ketones is 2. The van der Waals surface area contributed by atoms with Crippen molar-refractivity contribution in [3.8, 4) is 0 Å². The fourth-order valence-corrected chi connectivity index (χ4v) is 3.14. The summed E-state index contributed by atoms with van der Waals surface area (Å²) >= 11 is 0. The fraction of sp³-hybridized carbons (Fsp3) is 0.368. The zero-order valence-electron chi connectivity index (χ0n) is 15.0. The lowest BCUT2D eigenvalue weighted by Gasteiger charge is -2.16. The summed E-state index contributed by atoms with van der Waals surface area (Å²) in [6.45, 7) is 1.68. The molecule has 0 saturated carbocycles. The fourth-order valence-electron chi connectivity index (χ4n) is 3.14. The van der Waals surface area contributed by atoms with Gasteiger partial charge in [0, 0.05) is 18.2 Å². The minimum Gasteiger partial charge on any atom is -0.387 e. The smallest absolute Gasteiger partial charge is 0.330 e. The summed E-state index contributed by atoms with van der Waals surface area (Å²) in [6, 6.07) is 9.98. The van der Waals surface area contributed by atoms with Gasteiger partial charge < -0.3 is 14.9 Å². The highest BCUT2D eigenvalue weighted by Gasteiger charge is 2.47. The topological polar surface area (TPSA) is 139 Å². The number of aliphatic hydroxyl groups is 2. The molecule has 1 aliphatic heterocycles. The molecule has 1 aromatic heterocycles. The molecular formula is C19H20N2O7. The standard InChI is InChI=1S/C19H20N2O7/c1-10(11-5-3-2-4-6-11)12(22)9-13(23)17-15(25)16(26)18(28-17)21-8-7-14(24)20-19(21)27/h2-8,10,15-18,25-26H,9H2,1H3,(H,20,24,27)/t10?,15-,16+,17+,18+/m0/s1. The van der Waals surface area contributed by atoms with E-state index in [4.69, 9.17) is 4.74 Å². The number of H-pyrrole nitrogens is 1. The van der Waals surface area contributed by atoms with Crippen LogP contribution >= 0.6 is 0 Å². The minimum atomic E-state index is -1.61. The van der Waals surface area contributed by atoms with Gasteiger partial charge in [0.15, 0.2) is 12.0 Å². The first kappa shape index (κ1) is 19.9. The van der Waals surface area contributed by atoms with E-state index in [1.807, 2.05) is 11.1 Å². The average Bonchev–Trinajstić information content (AvgIpc) is 2.97. The number of benzene rings is 1. The molecule has 3 rings (SSSR count). The summed E-state index contributed by atoms with van der Waals surface area (Å²) in [6.07, 6.45) is -5.43. The van der Waals surface area contributed by atoms with Gasteiger partial charge in [0.1, 0.15) is 24.1 Å². The van der Waals surface area contributed by atoms with Crippen LogP contribution < -0.4 is 11.2 Å². The summed E-state index contributed by atoms with van der Waals surface area (Å²) in [5.74, 6) is -1.57. The molecule has 9 nitrogen and oxygen atoms in total. The highest BCUT2D eigenvalue weighted by atomic mass is 16.6. The van der Waals surface area contributed by atoms with Gasteiger partial charge >= 0.3 is 5.69 Å². The Labute approximate surface area is 159 Å². The Balaban J connectivity index is 1.73. The van der Waals surface area contributed by atoms with E-state index in [0.29, 0.717) is 0 Å².